The number of imidazole rings is 1. The zero-order valence-corrected chi connectivity index (χ0v) is 16.5. The van der Waals surface area contributed by atoms with E-state index in [1.54, 1.807) is 0 Å². The molecule has 4 heterocycles. The van der Waals surface area contributed by atoms with Crippen molar-refractivity contribution in [3.05, 3.63) is 48.0 Å². The van der Waals surface area contributed by atoms with E-state index < -0.39 is 0 Å². The molecule has 1 aromatic carbocycles. The molecule has 3 aromatic rings. The van der Waals surface area contributed by atoms with Crippen LogP contribution in [0.15, 0.2) is 36.7 Å². The van der Waals surface area contributed by atoms with Crippen molar-refractivity contribution in [2.24, 2.45) is 0 Å². The van der Waals surface area contributed by atoms with Gasteiger partial charge >= 0.3 is 0 Å². The van der Waals surface area contributed by atoms with Gasteiger partial charge in [0.25, 0.3) is 0 Å². The number of fused-ring (bicyclic) bond motifs is 1. The lowest BCUT2D eigenvalue weighted by Gasteiger charge is -2.40. The van der Waals surface area contributed by atoms with Crippen LogP contribution in [0.4, 0.5) is 0 Å². The maximum atomic E-state index is 6.31. The largest absolute Gasteiger partial charge is 0.371 e. The first kappa shape index (κ1) is 17.8. The average molecular weight is 380 g/mol. The Bertz CT molecular complexity index is 916. The molecule has 2 aliphatic heterocycles. The highest BCUT2D eigenvalue weighted by Gasteiger charge is 2.42. The molecular weight excluding hydrogens is 352 g/mol. The number of morpholine rings is 1. The van der Waals surface area contributed by atoms with E-state index in [0.29, 0.717) is 0 Å². The Hall–Kier alpha value is -2.22. The Morgan fingerprint density at radius 3 is 2.82 bits per heavy atom. The molecule has 0 bridgehead atoms. The molecular formula is C21H28N6O. The number of ether oxygens (including phenoxy) is 1. The van der Waals surface area contributed by atoms with Gasteiger partial charge in [-0.25, -0.2) is 4.98 Å². The number of nitrogens with zero attached hydrogens (tertiary/aromatic N) is 5. The molecule has 2 aliphatic rings. The van der Waals surface area contributed by atoms with Gasteiger partial charge in [-0.05, 0) is 25.5 Å². The van der Waals surface area contributed by atoms with Gasteiger partial charge in [0, 0.05) is 51.0 Å². The molecule has 1 atom stereocenters. The summed E-state index contributed by atoms with van der Waals surface area (Å²) in [4.78, 5) is 13.2. The molecule has 0 radical (unpaired) electrons. The minimum atomic E-state index is -0.0506. The Labute approximate surface area is 165 Å². The lowest BCUT2D eigenvalue weighted by molar-refractivity contribution is -0.104. The Morgan fingerprint density at radius 2 is 2.00 bits per heavy atom. The Kier molecular flexibility index (Phi) is 4.66. The number of aromatic amines is 1. The molecule has 5 rings (SSSR count). The molecule has 7 heteroatoms. The van der Waals surface area contributed by atoms with Gasteiger partial charge in [0.1, 0.15) is 5.82 Å². The number of likely N-dealkylation sites (tertiary alicyclic amines) is 1. The molecule has 1 unspecified atom stereocenters. The lowest BCUT2D eigenvalue weighted by atomic mass is 10.0. The second-order valence-corrected chi connectivity index (χ2v) is 8.11. The second-order valence-electron chi connectivity index (χ2n) is 8.11. The third-order valence-corrected chi connectivity index (χ3v) is 5.95. The molecule has 148 valence electrons. The molecule has 2 aromatic heterocycles. The summed E-state index contributed by atoms with van der Waals surface area (Å²) in [5.74, 6) is 1.04. The summed E-state index contributed by atoms with van der Waals surface area (Å²) in [5.41, 5.74) is 3.39. The molecule has 0 aliphatic carbocycles. The van der Waals surface area contributed by atoms with Gasteiger partial charge in [-0.3, -0.25) is 14.5 Å². The van der Waals surface area contributed by atoms with Crippen molar-refractivity contribution in [2.45, 2.75) is 38.6 Å². The van der Waals surface area contributed by atoms with Gasteiger partial charge in [-0.1, -0.05) is 12.1 Å². The predicted octanol–water partition coefficient (Wildman–Crippen LogP) is 2.26. The van der Waals surface area contributed by atoms with Crippen molar-refractivity contribution in [2.75, 3.05) is 32.8 Å². The van der Waals surface area contributed by atoms with E-state index in [1.165, 1.54) is 5.56 Å². The molecule has 0 amide bonds. The van der Waals surface area contributed by atoms with Crippen LogP contribution in [0.1, 0.15) is 24.7 Å². The summed E-state index contributed by atoms with van der Waals surface area (Å²) in [5, 5.41) is 4.41. The molecule has 1 spiro atoms. The van der Waals surface area contributed by atoms with Gasteiger partial charge < -0.3 is 9.72 Å². The number of rotatable bonds is 5. The van der Waals surface area contributed by atoms with Gasteiger partial charge in [-0.2, -0.15) is 5.10 Å². The van der Waals surface area contributed by atoms with E-state index in [-0.39, 0.29) is 5.60 Å². The SMILES string of the molecule is CCn1cc(CN2CCOC3(CCN(Cc4nc5ccccc5[nH]4)C3)C2)cn1. The van der Waals surface area contributed by atoms with Gasteiger partial charge in [-0.15, -0.1) is 0 Å². The van der Waals surface area contributed by atoms with E-state index in [4.69, 9.17) is 9.72 Å². The van der Waals surface area contributed by atoms with Crippen molar-refractivity contribution in [3.63, 3.8) is 0 Å². The second kappa shape index (κ2) is 7.31. The zero-order chi connectivity index (χ0) is 19.0. The number of H-pyrrole nitrogens is 1. The van der Waals surface area contributed by atoms with E-state index in [1.807, 2.05) is 23.0 Å². The van der Waals surface area contributed by atoms with E-state index >= 15 is 0 Å². The van der Waals surface area contributed by atoms with E-state index in [2.05, 4.69) is 45.1 Å². The first-order chi connectivity index (χ1) is 13.7. The first-order valence-electron chi connectivity index (χ1n) is 10.2. The van der Waals surface area contributed by atoms with Gasteiger partial charge in [0.05, 0.1) is 36.0 Å². The first-order valence-corrected chi connectivity index (χ1v) is 10.2. The van der Waals surface area contributed by atoms with Gasteiger partial charge in [0.15, 0.2) is 0 Å². The molecule has 28 heavy (non-hydrogen) atoms. The van der Waals surface area contributed by atoms with Crippen LogP contribution < -0.4 is 0 Å². The minimum absolute atomic E-state index is 0.0506. The third-order valence-electron chi connectivity index (χ3n) is 5.95. The summed E-state index contributed by atoms with van der Waals surface area (Å²) in [6.07, 6.45) is 5.23. The number of para-hydroxylation sites is 2. The van der Waals surface area contributed by atoms with Crippen molar-refractivity contribution < 1.29 is 4.74 Å². The van der Waals surface area contributed by atoms with Crippen molar-refractivity contribution in [1.82, 2.24) is 29.5 Å². The fourth-order valence-electron chi connectivity index (χ4n) is 4.58. The number of nitrogens with one attached hydrogen (secondary N) is 1. The molecule has 7 nitrogen and oxygen atoms in total. The number of hydrogen-bond donors (Lipinski definition) is 1. The number of benzene rings is 1. The van der Waals surface area contributed by atoms with Crippen LogP contribution in [0, 0.1) is 0 Å². The lowest BCUT2D eigenvalue weighted by Crippen LogP contribution is -2.52. The standard InChI is InChI=1S/C21H28N6O/c1-2-27-13-17(11-22-27)12-26-9-10-28-21(16-26)7-8-25(15-21)14-20-23-18-5-3-4-6-19(18)24-20/h3-6,11,13H,2,7-10,12,14-16H2,1H3,(H,23,24). The van der Waals surface area contributed by atoms with E-state index in [9.17, 15) is 0 Å². The third kappa shape index (κ3) is 3.57. The molecule has 2 fully saturated rings. The van der Waals surface area contributed by atoms with Crippen LogP contribution >= 0.6 is 0 Å². The minimum Gasteiger partial charge on any atom is -0.371 e. The van der Waals surface area contributed by atoms with Gasteiger partial charge in [0.2, 0.25) is 0 Å². The Balaban J connectivity index is 1.22. The highest BCUT2D eigenvalue weighted by Crippen LogP contribution is 2.30. The van der Waals surface area contributed by atoms with Crippen LogP contribution in [-0.2, 0) is 24.4 Å². The highest BCUT2D eigenvalue weighted by molar-refractivity contribution is 5.74. The monoisotopic (exact) mass is 380 g/mol. The quantitative estimate of drug-likeness (QED) is 0.736. The van der Waals surface area contributed by atoms with Crippen LogP contribution in [0.2, 0.25) is 0 Å². The number of aromatic nitrogens is 4. The summed E-state index contributed by atoms with van der Waals surface area (Å²) in [7, 11) is 0. The topological polar surface area (TPSA) is 62.2 Å². The predicted molar refractivity (Wildman–Crippen MR) is 108 cm³/mol. The highest BCUT2D eigenvalue weighted by atomic mass is 16.5. The van der Waals surface area contributed by atoms with Crippen molar-refractivity contribution >= 4 is 11.0 Å². The summed E-state index contributed by atoms with van der Waals surface area (Å²) < 4.78 is 8.31. The van der Waals surface area contributed by atoms with E-state index in [0.717, 1.165) is 75.7 Å². The molecule has 2 saturated heterocycles. The maximum absolute atomic E-state index is 6.31. The van der Waals surface area contributed by atoms with Crippen LogP contribution in [-0.4, -0.2) is 67.9 Å². The maximum Gasteiger partial charge on any atom is 0.121 e. The summed E-state index contributed by atoms with van der Waals surface area (Å²) in [6, 6.07) is 8.22. The number of hydrogen-bond acceptors (Lipinski definition) is 5. The van der Waals surface area contributed by atoms with Crippen molar-refractivity contribution in [1.29, 1.82) is 0 Å². The normalized spacial score (nSPS) is 23.9. The fourth-order valence-corrected chi connectivity index (χ4v) is 4.58. The Morgan fingerprint density at radius 1 is 1.14 bits per heavy atom. The fraction of sp³-hybridized carbons (Fsp3) is 0.524. The molecule has 0 saturated carbocycles. The average Bonchev–Trinajstić information content (AvgIpc) is 3.41. The summed E-state index contributed by atoms with van der Waals surface area (Å²) in [6.45, 7) is 9.65. The molecule has 1 N–H and O–H groups in total. The number of aryl methyl sites for hydroxylation is 1. The van der Waals surface area contributed by atoms with Crippen LogP contribution in [0.25, 0.3) is 11.0 Å². The smallest absolute Gasteiger partial charge is 0.121 e. The van der Waals surface area contributed by atoms with Crippen LogP contribution in [0.5, 0.6) is 0 Å². The summed E-state index contributed by atoms with van der Waals surface area (Å²) >= 11 is 0. The van der Waals surface area contributed by atoms with Crippen LogP contribution in [0.3, 0.4) is 0 Å². The van der Waals surface area contributed by atoms with Crippen molar-refractivity contribution in [3.8, 4) is 0 Å². The zero-order valence-electron chi connectivity index (χ0n) is 16.5.